The molecule has 3 fully saturated rings. The van der Waals surface area contributed by atoms with E-state index in [1.807, 2.05) is 19.9 Å². The van der Waals surface area contributed by atoms with Gasteiger partial charge in [-0.1, -0.05) is 6.08 Å². The molecule has 0 aromatic rings. The smallest absolute Gasteiger partial charge is 0.235 e. The summed E-state index contributed by atoms with van der Waals surface area (Å²) in [6.45, 7) is 3.80. The monoisotopic (exact) mass is 883 g/mol. The number of hydrogen-bond donors (Lipinski definition) is 4. The van der Waals surface area contributed by atoms with Gasteiger partial charge in [-0.15, -0.1) is 0 Å². The van der Waals surface area contributed by atoms with Gasteiger partial charge in [0.2, 0.25) is 5.91 Å². The van der Waals surface area contributed by atoms with Gasteiger partial charge in [0.15, 0.2) is 18.8 Å². The second-order valence-corrected chi connectivity index (χ2v) is 15.6. The van der Waals surface area contributed by atoms with Crippen LogP contribution in [0.2, 0.25) is 0 Å². The molecule has 3 aliphatic heterocycles. The average molecular weight is 884 g/mol. The highest BCUT2D eigenvalue weighted by molar-refractivity contribution is 5.78. The summed E-state index contributed by atoms with van der Waals surface area (Å²) in [5.74, 6) is -0.765. The fourth-order valence-electron chi connectivity index (χ4n) is 9.22. The predicted octanol–water partition coefficient (Wildman–Crippen LogP) is -1.65. The predicted molar refractivity (Wildman–Crippen MR) is 215 cm³/mol. The molecular weight excluding hydrogens is 810 g/mol. The minimum atomic E-state index is -1.22. The fraction of sp³-hybridized carbons (Fsp3) is 0.925. The number of nitrogens with two attached hydrogens (primary N) is 1. The van der Waals surface area contributed by atoms with E-state index in [0.29, 0.717) is 6.61 Å². The van der Waals surface area contributed by atoms with Crippen LogP contribution in [0.3, 0.4) is 0 Å². The Labute approximate surface area is 359 Å². The third-order valence-electron chi connectivity index (χ3n) is 12.3. The number of hydrogen-bond acceptors (Lipinski definition) is 20. The Kier molecular flexibility index (Phi) is 21.1. The minimum Gasteiger partial charge on any atom is -0.396 e. The van der Waals surface area contributed by atoms with E-state index in [4.69, 9.17) is 81.5 Å². The van der Waals surface area contributed by atoms with Gasteiger partial charge in [0.25, 0.3) is 0 Å². The molecule has 0 aromatic carbocycles. The van der Waals surface area contributed by atoms with Gasteiger partial charge in [0.05, 0.1) is 57.3 Å². The number of carbonyl (C=O) groups excluding carboxylic acids is 1. The molecule has 21 heteroatoms. The Balaban J connectivity index is 1.63. The van der Waals surface area contributed by atoms with Crippen molar-refractivity contribution in [2.75, 3.05) is 111 Å². The van der Waals surface area contributed by atoms with Crippen molar-refractivity contribution in [1.29, 1.82) is 0 Å². The van der Waals surface area contributed by atoms with Crippen molar-refractivity contribution in [1.82, 2.24) is 10.6 Å². The van der Waals surface area contributed by atoms with Gasteiger partial charge in [-0.3, -0.25) is 4.79 Å². The molecule has 0 bridgehead atoms. The highest BCUT2D eigenvalue weighted by Crippen LogP contribution is 2.40. The fourth-order valence-corrected chi connectivity index (χ4v) is 9.22. The van der Waals surface area contributed by atoms with Crippen LogP contribution >= 0.6 is 0 Å². The van der Waals surface area contributed by atoms with Crippen LogP contribution in [0.5, 0.6) is 0 Å². The maximum atomic E-state index is 12.3. The van der Waals surface area contributed by atoms with Crippen LogP contribution in [0.4, 0.5) is 0 Å². The van der Waals surface area contributed by atoms with Gasteiger partial charge >= 0.3 is 0 Å². The molecule has 0 radical (unpaired) electrons. The molecule has 5 N–H and O–H groups in total. The van der Waals surface area contributed by atoms with Crippen molar-refractivity contribution in [3.63, 3.8) is 0 Å². The number of rotatable bonds is 23. The quantitative estimate of drug-likeness (QED) is 0.0842. The van der Waals surface area contributed by atoms with Gasteiger partial charge in [-0.25, -0.2) is 0 Å². The van der Waals surface area contributed by atoms with Crippen LogP contribution in [-0.2, 0) is 80.6 Å². The summed E-state index contributed by atoms with van der Waals surface area (Å²) in [5.41, 5.74) is 5.23. The molecule has 21 nitrogen and oxygen atoms in total. The van der Waals surface area contributed by atoms with E-state index >= 15 is 0 Å². The standard InChI is InChI=1S/C40H73N3O18/c1-20-27(42-23-14-21(17-46-3)22(16-44)28(49-6)29(23)50-7)36(55-12)40(2,56-13)39(57-20)61-31-25(19-48-5)59-38(35(54-11)33(31)52-9)60-30-24(18-47-4)58-37(43-26(45)15-41)34(53-10)32(30)51-8/h14,20,22-25,27-39,42,44H,15-19,41H2,1-13H3,(H,43,45). The summed E-state index contributed by atoms with van der Waals surface area (Å²) in [7, 11) is 17.1. The number of aliphatic hydroxyl groups is 1. The lowest BCUT2D eigenvalue weighted by Gasteiger charge is -2.54. The lowest BCUT2D eigenvalue weighted by Crippen LogP contribution is -2.73. The van der Waals surface area contributed by atoms with Crippen LogP contribution < -0.4 is 16.4 Å². The molecule has 19 unspecified atom stereocenters. The summed E-state index contributed by atoms with van der Waals surface area (Å²) in [6.07, 6.45) is -9.73. The Bertz CT molecular complexity index is 1340. The van der Waals surface area contributed by atoms with Crippen LogP contribution in [0.25, 0.3) is 0 Å². The highest BCUT2D eigenvalue weighted by atomic mass is 16.8. The number of aliphatic hydroxyl groups excluding tert-OH is 1. The van der Waals surface area contributed by atoms with Crippen molar-refractivity contribution in [3.8, 4) is 0 Å². The van der Waals surface area contributed by atoms with Crippen LogP contribution in [0, 0.1) is 5.92 Å². The maximum absolute atomic E-state index is 12.3. The SMILES string of the molecule is COCC1=CC(NC2C(C)OC(OC3C(COC)OC(OC4C(COC)OC(NC(=O)CN)C(OC)C4OC)C(OC)C3OC)C(C)(OC)C2OC)C(OC)C(OC)C1CO. The van der Waals surface area contributed by atoms with Crippen LogP contribution in [0.15, 0.2) is 11.6 Å². The van der Waals surface area contributed by atoms with Crippen molar-refractivity contribution in [2.24, 2.45) is 11.7 Å². The molecule has 0 saturated carbocycles. The van der Waals surface area contributed by atoms with Gasteiger partial charge in [-0.2, -0.15) is 0 Å². The normalized spacial score (nSPS) is 42.0. The first kappa shape index (κ1) is 52.1. The van der Waals surface area contributed by atoms with Crippen LogP contribution in [0.1, 0.15) is 13.8 Å². The molecular formula is C40H73N3O18. The van der Waals surface area contributed by atoms with Gasteiger partial charge < -0.3 is 97.3 Å². The largest absolute Gasteiger partial charge is 0.396 e. The third kappa shape index (κ3) is 11.3. The Morgan fingerprint density at radius 2 is 1.30 bits per heavy atom. The second-order valence-electron chi connectivity index (χ2n) is 15.6. The lowest BCUT2D eigenvalue weighted by atomic mass is 9.79. The van der Waals surface area contributed by atoms with E-state index in [1.165, 1.54) is 35.5 Å². The molecule has 61 heavy (non-hydrogen) atoms. The van der Waals surface area contributed by atoms with E-state index in [9.17, 15) is 9.90 Å². The first-order chi connectivity index (χ1) is 29.4. The molecule has 19 atom stereocenters. The number of nitrogens with one attached hydrogen (secondary N) is 2. The third-order valence-corrected chi connectivity index (χ3v) is 12.3. The summed E-state index contributed by atoms with van der Waals surface area (Å²) >= 11 is 0. The topological polar surface area (TPSA) is 235 Å². The first-order valence-corrected chi connectivity index (χ1v) is 20.4. The molecule has 356 valence electrons. The van der Waals surface area contributed by atoms with Crippen molar-refractivity contribution >= 4 is 5.91 Å². The van der Waals surface area contributed by atoms with E-state index < -0.39 is 116 Å². The Hall–Kier alpha value is -1.55. The molecule has 0 spiro atoms. The molecule has 0 aromatic heterocycles. The molecule has 4 rings (SSSR count). The zero-order valence-electron chi connectivity index (χ0n) is 38.0. The summed E-state index contributed by atoms with van der Waals surface area (Å²) < 4.78 is 98.2. The Morgan fingerprint density at radius 1 is 0.721 bits per heavy atom. The van der Waals surface area contributed by atoms with Crippen molar-refractivity contribution in [3.05, 3.63) is 11.6 Å². The lowest BCUT2D eigenvalue weighted by molar-refractivity contribution is -0.385. The van der Waals surface area contributed by atoms with E-state index in [1.54, 1.807) is 42.7 Å². The number of amides is 1. The molecule has 1 amide bonds. The van der Waals surface area contributed by atoms with E-state index in [0.717, 1.165) is 5.57 Å². The maximum Gasteiger partial charge on any atom is 0.235 e. The summed E-state index contributed by atoms with van der Waals surface area (Å²) in [4.78, 5) is 12.3. The van der Waals surface area contributed by atoms with Crippen molar-refractivity contribution in [2.45, 2.75) is 124 Å². The van der Waals surface area contributed by atoms with E-state index in [2.05, 4.69) is 10.6 Å². The zero-order chi connectivity index (χ0) is 45.0. The molecule has 3 saturated heterocycles. The average Bonchev–Trinajstić information content (AvgIpc) is 3.26. The molecule has 1 aliphatic carbocycles. The number of carbonyl (C=O) groups is 1. The summed E-state index contributed by atoms with van der Waals surface area (Å²) in [6, 6.07) is -0.859. The molecule has 4 aliphatic rings. The van der Waals surface area contributed by atoms with E-state index in [-0.39, 0.29) is 32.3 Å². The highest BCUT2D eigenvalue weighted by Gasteiger charge is 2.59. The summed E-state index contributed by atoms with van der Waals surface area (Å²) in [5, 5.41) is 16.8. The van der Waals surface area contributed by atoms with Crippen molar-refractivity contribution < 1.29 is 85.7 Å². The second kappa shape index (κ2) is 24.7. The minimum absolute atomic E-state index is 0.0562. The molecule has 3 heterocycles. The van der Waals surface area contributed by atoms with Crippen LogP contribution in [-0.4, -0.2) is 232 Å². The Morgan fingerprint density at radius 3 is 1.80 bits per heavy atom. The number of ether oxygens (including phenoxy) is 16. The zero-order valence-corrected chi connectivity index (χ0v) is 38.0. The van der Waals surface area contributed by atoms with Gasteiger partial charge in [0, 0.05) is 84.1 Å². The number of methoxy groups -OCH3 is 11. The first-order valence-electron chi connectivity index (χ1n) is 20.4. The van der Waals surface area contributed by atoms with Gasteiger partial charge in [0.1, 0.15) is 66.6 Å². The van der Waals surface area contributed by atoms with Gasteiger partial charge in [-0.05, 0) is 19.4 Å².